The van der Waals surface area contributed by atoms with Crippen molar-refractivity contribution in [2.24, 2.45) is 0 Å². The van der Waals surface area contributed by atoms with Crippen LogP contribution in [0.3, 0.4) is 0 Å². The maximum absolute atomic E-state index is 6.78. The smallest absolute Gasteiger partial charge is 0.248 e. The highest BCUT2D eigenvalue weighted by atomic mass is 16.3. The predicted octanol–water partition coefficient (Wildman–Crippen LogP) is 13.4. The Hall–Kier alpha value is -7.24. The second-order valence-corrected chi connectivity index (χ2v) is 17.3. The number of nitrogens with zero attached hydrogens (tertiary/aromatic N) is 2. The summed E-state index contributed by atoms with van der Waals surface area (Å²) < 4.78 is 13.4. The minimum absolute atomic E-state index is 0.0542. The van der Waals surface area contributed by atoms with Gasteiger partial charge in [-0.25, -0.2) is 0 Å². The molecule has 4 nitrogen and oxygen atoms in total. The Morgan fingerprint density at radius 3 is 1.62 bits per heavy atom. The molecule has 0 unspecified atom stereocenters. The van der Waals surface area contributed by atoms with E-state index >= 15 is 0 Å². The third-order valence-corrected chi connectivity index (χ3v) is 13.3. The molecule has 0 N–H and O–H groups in total. The van der Waals surface area contributed by atoms with Crippen LogP contribution in [0, 0.1) is 34.6 Å². The van der Waals surface area contributed by atoms with Crippen LogP contribution in [0.2, 0.25) is 0 Å². The molecule has 4 heterocycles. The van der Waals surface area contributed by atoms with E-state index in [2.05, 4.69) is 190 Å². The summed E-state index contributed by atoms with van der Waals surface area (Å²) in [5.41, 5.74) is 20.6. The van der Waals surface area contributed by atoms with Gasteiger partial charge in [-0.3, -0.25) is 0 Å². The van der Waals surface area contributed by atoms with Crippen LogP contribution in [0.5, 0.6) is 0 Å². The van der Waals surface area contributed by atoms with Gasteiger partial charge in [0.1, 0.15) is 22.3 Å². The van der Waals surface area contributed by atoms with Crippen molar-refractivity contribution in [3.8, 4) is 0 Å². The van der Waals surface area contributed by atoms with Gasteiger partial charge in [0.2, 0.25) is 6.71 Å². The van der Waals surface area contributed by atoms with Crippen molar-refractivity contribution >= 4 is 123 Å². The monoisotopic (exact) mass is 770 g/mol. The molecule has 0 fully saturated rings. The third-order valence-electron chi connectivity index (χ3n) is 13.3. The second-order valence-electron chi connectivity index (χ2n) is 17.3. The average molecular weight is 771 g/mol. The molecule has 2 aliphatic heterocycles. The van der Waals surface area contributed by atoms with Gasteiger partial charge >= 0.3 is 0 Å². The first-order valence-corrected chi connectivity index (χ1v) is 20.9. The number of furan rings is 2. The van der Waals surface area contributed by atoms with Crippen molar-refractivity contribution in [3.05, 3.63) is 173 Å². The van der Waals surface area contributed by atoms with Gasteiger partial charge < -0.3 is 18.6 Å². The van der Waals surface area contributed by atoms with Crippen LogP contribution in [0.4, 0.5) is 34.1 Å². The summed E-state index contributed by atoms with van der Waals surface area (Å²) in [7, 11) is 0. The first-order chi connectivity index (χ1) is 29.3. The number of hydrogen-bond acceptors (Lipinski definition) is 4. The van der Waals surface area contributed by atoms with Crippen molar-refractivity contribution in [3.63, 3.8) is 0 Å². The molecule has 0 saturated carbocycles. The zero-order chi connectivity index (χ0) is 40.1. The van der Waals surface area contributed by atoms with E-state index in [4.69, 9.17) is 8.83 Å². The van der Waals surface area contributed by atoms with E-state index in [1.807, 2.05) is 0 Å². The summed E-state index contributed by atoms with van der Waals surface area (Å²) >= 11 is 0. The molecule has 0 radical (unpaired) electrons. The van der Waals surface area contributed by atoms with Gasteiger partial charge in [-0.1, -0.05) is 113 Å². The molecule has 0 bridgehead atoms. The van der Waals surface area contributed by atoms with E-state index in [9.17, 15) is 0 Å². The average Bonchev–Trinajstić information content (AvgIpc) is 3.78. The molecule has 13 rings (SSSR count). The van der Waals surface area contributed by atoms with Gasteiger partial charge in [0, 0.05) is 39.4 Å². The Kier molecular flexibility index (Phi) is 6.70. The maximum Gasteiger partial charge on any atom is 0.248 e. The van der Waals surface area contributed by atoms with Gasteiger partial charge in [-0.05, 0) is 121 Å². The lowest BCUT2D eigenvalue weighted by atomic mass is 9.33. The summed E-state index contributed by atoms with van der Waals surface area (Å²) in [6.45, 7) is 11.0. The summed E-state index contributed by atoms with van der Waals surface area (Å²) in [5.74, 6) is 0. The molecule has 0 atom stereocenters. The Morgan fingerprint density at radius 1 is 0.383 bits per heavy atom. The molecule has 0 saturated heterocycles. The van der Waals surface area contributed by atoms with Gasteiger partial charge in [-0.2, -0.15) is 0 Å². The molecular weight excluding hydrogens is 731 g/mol. The Balaban J connectivity index is 1.20. The predicted molar refractivity (Wildman–Crippen MR) is 254 cm³/mol. The normalized spacial score (nSPS) is 13.3. The van der Waals surface area contributed by atoms with Crippen molar-refractivity contribution in [2.45, 2.75) is 34.6 Å². The molecule has 9 aromatic carbocycles. The molecule has 11 aromatic rings. The molecule has 60 heavy (non-hydrogen) atoms. The van der Waals surface area contributed by atoms with Gasteiger partial charge in [-0.15, -0.1) is 0 Å². The van der Waals surface area contributed by atoms with E-state index in [1.165, 1.54) is 71.4 Å². The van der Waals surface area contributed by atoms with E-state index in [-0.39, 0.29) is 6.71 Å². The largest absolute Gasteiger partial charge is 0.456 e. The molecule has 5 heteroatoms. The van der Waals surface area contributed by atoms with Gasteiger partial charge in [0.15, 0.2) is 0 Å². The zero-order valence-electron chi connectivity index (χ0n) is 34.1. The fourth-order valence-corrected chi connectivity index (χ4v) is 10.9. The van der Waals surface area contributed by atoms with Gasteiger partial charge in [0.05, 0.1) is 28.4 Å². The van der Waals surface area contributed by atoms with Crippen LogP contribution in [-0.4, -0.2) is 6.71 Å². The lowest BCUT2D eigenvalue weighted by molar-refractivity contribution is 0.668. The number of benzene rings is 9. The molecule has 284 valence electrons. The summed E-state index contributed by atoms with van der Waals surface area (Å²) in [5, 5.41) is 9.40. The minimum atomic E-state index is -0.0542. The Bertz CT molecular complexity index is 3680. The highest BCUT2D eigenvalue weighted by molar-refractivity contribution is 7.00. The summed E-state index contributed by atoms with van der Waals surface area (Å²) in [4.78, 5) is 5.04. The minimum Gasteiger partial charge on any atom is -0.456 e. The molecular formula is C55H39BN2O2. The highest BCUT2D eigenvalue weighted by Crippen LogP contribution is 2.57. The topological polar surface area (TPSA) is 32.8 Å². The lowest BCUT2D eigenvalue weighted by Gasteiger charge is -2.46. The third kappa shape index (κ3) is 4.58. The number of aryl methyl sites for hydroxylation is 5. The van der Waals surface area contributed by atoms with Crippen LogP contribution in [0.1, 0.15) is 27.8 Å². The fourth-order valence-electron chi connectivity index (χ4n) is 10.9. The molecule has 0 spiro atoms. The van der Waals surface area contributed by atoms with E-state index in [1.54, 1.807) is 0 Å². The van der Waals surface area contributed by atoms with Crippen molar-refractivity contribution < 1.29 is 8.83 Å². The summed E-state index contributed by atoms with van der Waals surface area (Å²) in [6.07, 6.45) is 0. The second kappa shape index (κ2) is 11.9. The van der Waals surface area contributed by atoms with Crippen molar-refractivity contribution in [1.82, 2.24) is 0 Å². The molecule has 0 amide bonds. The van der Waals surface area contributed by atoms with Crippen LogP contribution >= 0.6 is 0 Å². The van der Waals surface area contributed by atoms with Gasteiger partial charge in [0.25, 0.3) is 0 Å². The quantitative estimate of drug-likeness (QED) is 0.164. The van der Waals surface area contributed by atoms with Crippen LogP contribution in [0.15, 0.2) is 154 Å². The Morgan fingerprint density at radius 2 is 0.933 bits per heavy atom. The first kappa shape index (κ1) is 33.7. The molecule has 2 aromatic heterocycles. The van der Waals surface area contributed by atoms with Crippen LogP contribution in [-0.2, 0) is 0 Å². The maximum atomic E-state index is 6.78. The lowest BCUT2D eigenvalue weighted by Crippen LogP contribution is -2.59. The zero-order valence-corrected chi connectivity index (χ0v) is 34.1. The van der Waals surface area contributed by atoms with Crippen LogP contribution in [0.25, 0.3) is 65.4 Å². The van der Waals surface area contributed by atoms with E-state index in [0.29, 0.717) is 0 Å². The number of fused-ring (bicyclic) bond motifs is 13. The fraction of sp³-hybridized carbons (Fsp3) is 0.0909. The SMILES string of the molecule is Cc1cc(C)c(B2c3cc4c(cc3N3c5cc6ccccc6cc5N(c5ccc6c(c5)oc5cc(C)ccc56)c5cc6ccccc6c2c53)oc2cc(C)ccc24)c(C)c1. The highest BCUT2D eigenvalue weighted by Gasteiger charge is 2.44. The standard InChI is InChI=1S/C55H39BN2O2/c1-30-14-17-40-41-19-16-38(27-51(41)59-49(40)22-30)57-46-24-35-10-6-7-11-36(35)25-47(46)58-45-29-52-43(42-18-15-31(2)23-50(42)60-52)28-44(45)56(53-33(4)20-32(3)21-34(53)5)54-39-13-9-8-12-37(39)26-48(57)55(54)58/h6-29H,1-5H3. The van der Waals surface area contributed by atoms with Crippen LogP contribution < -0.4 is 26.2 Å². The number of rotatable bonds is 2. The van der Waals surface area contributed by atoms with Crippen molar-refractivity contribution in [1.29, 1.82) is 0 Å². The molecule has 0 aliphatic carbocycles. The Labute approximate surface area is 347 Å². The van der Waals surface area contributed by atoms with Crippen molar-refractivity contribution in [2.75, 3.05) is 9.80 Å². The van der Waals surface area contributed by atoms with E-state index in [0.717, 1.165) is 72.3 Å². The number of hydrogen-bond donors (Lipinski definition) is 0. The first-order valence-electron chi connectivity index (χ1n) is 20.9. The number of anilines is 6. The summed E-state index contributed by atoms with van der Waals surface area (Å²) in [6, 6.07) is 54.2. The molecule has 2 aliphatic rings. The van der Waals surface area contributed by atoms with E-state index < -0.39 is 0 Å².